The normalized spacial score (nSPS) is 22.3. The van der Waals surface area contributed by atoms with Crippen LogP contribution in [0, 0.1) is 11.8 Å². The maximum atomic E-state index is 11.8. The van der Waals surface area contributed by atoms with Crippen molar-refractivity contribution in [3.8, 4) is 0 Å². The van der Waals surface area contributed by atoms with Gasteiger partial charge in [0.1, 0.15) is 0 Å². The number of hydrogen-bond donors (Lipinski definition) is 1. The molecule has 130 valence electrons. The number of carbonyl (C=O) groups excluding carboxylic acids is 1. The molecule has 1 N–H and O–H groups in total. The number of methoxy groups -OCH3 is 2. The summed E-state index contributed by atoms with van der Waals surface area (Å²) in [6.45, 7) is 10.9. The Labute approximate surface area is 151 Å². The van der Waals surface area contributed by atoms with E-state index in [9.17, 15) is 4.79 Å². The van der Waals surface area contributed by atoms with Gasteiger partial charge in [0.2, 0.25) is 0 Å². The third kappa shape index (κ3) is 5.91. The minimum absolute atomic E-state index is 0. The second kappa shape index (κ2) is 9.54. The van der Waals surface area contributed by atoms with E-state index in [4.69, 9.17) is 9.47 Å². The van der Waals surface area contributed by atoms with Crippen LogP contribution >= 0.6 is 24.0 Å². The minimum Gasteiger partial charge on any atom is -0.469 e. The monoisotopic (exact) mass is 427 g/mol. The highest BCUT2D eigenvalue weighted by molar-refractivity contribution is 14.0. The molecule has 2 atom stereocenters. The maximum Gasteiger partial charge on any atom is 0.310 e. The van der Waals surface area contributed by atoms with Crippen molar-refractivity contribution < 1.29 is 14.3 Å². The van der Waals surface area contributed by atoms with Gasteiger partial charge in [0.15, 0.2) is 5.96 Å². The van der Waals surface area contributed by atoms with E-state index in [-0.39, 0.29) is 47.4 Å². The number of aliphatic imine (C=N–C) groups is 1. The van der Waals surface area contributed by atoms with E-state index < -0.39 is 0 Å². The lowest BCUT2D eigenvalue weighted by atomic mass is 9.99. The Bertz CT molecular complexity index is 388. The van der Waals surface area contributed by atoms with Gasteiger partial charge in [-0.05, 0) is 26.7 Å². The lowest BCUT2D eigenvalue weighted by Crippen LogP contribution is -2.42. The summed E-state index contributed by atoms with van der Waals surface area (Å²) >= 11 is 0. The number of hydrogen-bond acceptors (Lipinski definition) is 4. The van der Waals surface area contributed by atoms with Crippen LogP contribution in [0.25, 0.3) is 0 Å². The summed E-state index contributed by atoms with van der Waals surface area (Å²) in [6, 6.07) is 0. The van der Waals surface area contributed by atoms with E-state index in [1.807, 2.05) is 20.8 Å². The summed E-state index contributed by atoms with van der Waals surface area (Å²) in [5, 5.41) is 3.29. The molecule has 0 radical (unpaired) electrons. The summed E-state index contributed by atoms with van der Waals surface area (Å²) in [7, 11) is 3.13. The fraction of sp³-hybridized carbons (Fsp3) is 0.867. The fourth-order valence-corrected chi connectivity index (χ4v) is 2.35. The second-order valence-corrected chi connectivity index (χ2v) is 6.15. The van der Waals surface area contributed by atoms with Crippen molar-refractivity contribution in [1.82, 2.24) is 10.2 Å². The summed E-state index contributed by atoms with van der Waals surface area (Å²) in [6.07, 6.45) is 0. The number of nitrogens with one attached hydrogen (secondary N) is 1. The molecule has 0 saturated carbocycles. The summed E-state index contributed by atoms with van der Waals surface area (Å²) in [4.78, 5) is 18.6. The van der Waals surface area contributed by atoms with Gasteiger partial charge >= 0.3 is 5.97 Å². The van der Waals surface area contributed by atoms with Crippen LogP contribution in [0.4, 0.5) is 0 Å². The molecule has 0 bridgehead atoms. The molecule has 22 heavy (non-hydrogen) atoms. The van der Waals surface area contributed by atoms with Crippen molar-refractivity contribution in [2.24, 2.45) is 16.8 Å². The standard InChI is InChI=1S/C15H29N3O3.HI/c1-7-16-14(17-10-15(3,4)21-6)18-8-11(2)12(9-18)13(19)20-5;/h11-12H,7-10H2,1-6H3,(H,16,17);1H. The maximum absolute atomic E-state index is 11.8. The number of nitrogens with zero attached hydrogens (tertiary/aromatic N) is 2. The average Bonchev–Trinajstić information content (AvgIpc) is 2.84. The van der Waals surface area contributed by atoms with Gasteiger partial charge in [-0.3, -0.25) is 9.79 Å². The molecular weight excluding hydrogens is 397 g/mol. The second-order valence-electron chi connectivity index (χ2n) is 6.15. The molecule has 0 amide bonds. The number of ether oxygens (including phenoxy) is 2. The van der Waals surface area contributed by atoms with Crippen LogP contribution in [-0.4, -0.2) is 62.8 Å². The van der Waals surface area contributed by atoms with Gasteiger partial charge in [0.25, 0.3) is 0 Å². The SMILES string of the molecule is CCNC(=NCC(C)(C)OC)N1CC(C)C(C(=O)OC)C1.I. The molecule has 1 heterocycles. The number of likely N-dealkylation sites (tertiary alicyclic amines) is 1. The molecule has 0 aliphatic carbocycles. The number of esters is 1. The van der Waals surface area contributed by atoms with Gasteiger partial charge in [-0.1, -0.05) is 6.92 Å². The first-order chi connectivity index (χ1) is 9.84. The van der Waals surface area contributed by atoms with Crippen LogP contribution in [0.5, 0.6) is 0 Å². The zero-order valence-electron chi connectivity index (χ0n) is 14.5. The Morgan fingerprint density at radius 2 is 2.00 bits per heavy atom. The molecule has 1 fully saturated rings. The quantitative estimate of drug-likeness (QED) is 0.314. The molecular formula is C15H30IN3O3. The summed E-state index contributed by atoms with van der Waals surface area (Å²) < 4.78 is 10.3. The molecule has 1 aliphatic rings. The number of guanidine groups is 1. The van der Waals surface area contributed by atoms with Crippen LogP contribution in [0.1, 0.15) is 27.7 Å². The zero-order valence-corrected chi connectivity index (χ0v) is 16.8. The third-order valence-electron chi connectivity index (χ3n) is 3.91. The third-order valence-corrected chi connectivity index (χ3v) is 3.91. The van der Waals surface area contributed by atoms with Crippen molar-refractivity contribution in [2.75, 3.05) is 40.4 Å². The fourth-order valence-electron chi connectivity index (χ4n) is 2.35. The molecule has 0 spiro atoms. The van der Waals surface area contributed by atoms with Crippen molar-refractivity contribution in [3.63, 3.8) is 0 Å². The number of halogens is 1. The van der Waals surface area contributed by atoms with Gasteiger partial charge in [0.05, 0.1) is 25.2 Å². The van der Waals surface area contributed by atoms with Crippen molar-refractivity contribution in [1.29, 1.82) is 0 Å². The molecule has 0 aromatic carbocycles. The summed E-state index contributed by atoms with van der Waals surface area (Å²) in [5.74, 6) is 0.866. The van der Waals surface area contributed by atoms with E-state index in [0.717, 1.165) is 19.0 Å². The van der Waals surface area contributed by atoms with Crippen LogP contribution in [-0.2, 0) is 14.3 Å². The highest BCUT2D eigenvalue weighted by Crippen LogP contribution is 2.24. The van der Waals surface area contributed by atoms with Gasteiger partial charge < -0.3 is 19.7 Å². The Morgan fingerprint density at radius 1 is 1.36 bits per heavy atom. The van der Waals surface area contributed by atoms with Gasteiger partial charge in [-0.15, -0.1) is 24.0 Å². The molecule has 7 heteroatoms. The van der Waals surface area contributed by atoms with Crippen molar-refractivity contribution >= 4 is 35.9 Å². The topological polar surface area (TPSA) is 63.2 Å². The first-order valence-electron chi connectivity index (χ1n) is 7.50. The highest BCUT2D eigenvalue weighted by atomic mass is 127. The Hall–Kier alpha value is -0.570. The van der Waals surface area contributed by atoms with Crippen molar-refractivity contribution in [3.05, 3.63) is 0 Å². The molecule has 1 rings (SSSR count). The predicted molar refractivity (Wildman–Crippen MR) is 98.7 cm³/mol. The first-order valence-corrected chi connectivity index (χ1v) is 7.50. The van der Waals surface area contributed by atoms with Crippen molar-refractivity contribution in [2.45, 2.75) is 33.3 Å². The molecule has 1 saturated heterocycles. The van der Waals surface area contributed by atoms with Gasteiger partial charge in [0, 0.05) is 26.7 Å². The molecule has 0 aromatic rings. The Balaban J connectivity index is 0.00000441. The summed E-state index contributed by atoms with van der Waals surface area (Å²) in [5.41, 5.74) is -0.298. The predicted octanol–water partition coefficient (Wildman–Crippen LogP) is 1.74. The van der Waals surface area contributed by atoms with E-state index in [2.05, 4.69) is 22.1 Å². The molecule has 1 aliphatic heterocycles. The van der Waals surface area contributed by atoms with E-state index in [0.29, 0.717) is 13.1 Å². The average molecular weight is 427 g/mol. The minimum atomic E-state index is -0.298. The lowest BCUT2D eigenvalue weighted by Gasteiger charge is -2.25. The van der Waals surface area contributed by atoms with Crippen LogP contribution in [0.2, 0.25) is 0 Å². The largest absolute Gasteiger partial charge is 0.469 e. The zero-order chi connectivity index (χ0) is 16.0. The van der Waals surface area contributed by atoms with E-state index >= 15 is 0 Å². The van der Waals surface area contributed by atoms with Crippen LogP contribution in [0.3, 0.4) is 0 Å². The Kier molecular flexibility index (Phi) is 9.30. The van der Waals surface area contributed by atoms with E-state index in [1.54, 1.807) is 7.11 Å². The number of rotatable bonds is 5. The van der Waals surface area contributed by atoms with Crippen LogP contribution < -0.4 is 5.32 Å². The smallest absolute Gasteiger partial charge is 0.310 e. The lowest BCUT2D eigenvalue weighted by molar-refractivity contribution is -0.145. The van der Waals surface area contributed by atoms with E-state index in [1.165, 1.54) is 7.11 Å². The van der Waals surface area contributed by atoms with Gasteiger partial charge in [-0.25, -0.2) is 0 Å². The molecule has 2 unspecified atom stereocenters. The van der Waals surface area contributed by atoms with Crippen LogP contribution in [0.15, 0.2) is 4.99 Å². The molecule has 6 nitrogen and oxygen atoms in total. The number of carbonyl (C=O) groups is 1. The Morgan fingerprint density at radius 3 is 2.50 bits per heavy atom. The highest BCUT2D eigenvalue weighted by Gasteiger charge is 2.37. The first kappa shape index (κ1) is 21.4. The molecule has 0 aromatic heterocycles. The van der Waals surface area contributed by atoms with Gasteiger partial charge in [-0.2, -0.15) is 0 Å².